The molecule has 0 aromatic carbocycles. The summed E-state index contributed by atoms with van der Waals surface area (Å²) < 4.78 is 34.0. The van der Waals surface area contributed by atoms with E-state index in [4.69, 9.17) is 9.26 Å². The normalized spacial score (nSPS) is 16.1. The molecule has 0 aliphatic carbocycles. The lowest BCUT2D eigenvalue weighted by molar-refractivity contribution is 0.0769. The van der Waals surface area contributed by atoms with Gasteiger partial charge in [0.2, 0.25) is 5.88 Å². The maximum absolute atomic E-state index is 12.5. The molecule has 8 nitrogen and oxygen atoms in total. The van der Waals surface area contributed by atoms with Crippen LogP contribution in [0.15, 0.2) is 22.9 Å². The summed E-state index contributed by atoms with van der Waals surface area (Å²) in [6, 6.07) is 3.29. The van der Waals surface area contributed by atoms with Crippen LogP contribution < -0.4 is 4.74 Å². The fourth-order valence-electron chi connectivity index (χ4n) is 3.00. The zero-order chi connectivity index (χ0) is 20.1. The molecule has 152 valence electrons. The lowest BCUT2D eigenvalue weighted by Crippen LogP contribution is -2.43. The molecule has 1 saturated heterocycles. The topological polar surface area (TPSA) is 103 Å². The van der Waals surface area contributed by atoms with Gasteiger partial charge in [-0.05, 0) is 25.8 Å². The number of carbonyl (C=O) groups excluding carboxylic acids is 1. The minimum atomic E-state index is -3.02. The molecular weight excluding hydrogens is 382 g/mol. The Morgan fingerprint density at radius 3 is 2.68 bits per heavy atom. The number of sulfone groups is 1. The number of unbranched alkanes of at least 4 members (excludes halogenated alkanes) is 1. The molecule has 0 bridgehead atoms. The second-order valence-corrected chi connectivity index (χ2v) is 9.19. The third-order valence-electron chi connectivity index (χ3n) is 4.81. The van der Waals surface area contributed by atoms with Crippen molar-refractivity contribution in [2.75, 3.05) is 24.6 Å². The minimum absolute atomic E-state index is 0.00577. The molecule has 3 heterocycles. The summed E-state index contributed by atoms with van der Waals surface area (Å²) in [6.07, 6.45) is 4.41. The number of amides is 1. The van der Waals surface area contributed by atoms with Gasteiger partial charge < -0.3 is 14.2 Å². The maximum atomic E-state index is 12.5. The van der Waals surface area contributed by atoms with Crippen molar-refractivity contribution in [2.45, 2.75) is 39.7 Å². The van der Waals surface area contributed by atoms with Gasteiger partial charge >= 0.3 is 0 Å². The van der Waals surface area contributed by atoms with Crippen molar-refractivity contribution in [3.63, 3.8) is 0 Å². The number of rotatable bonds is 7. The third kappa shape index (κ3) is 4.89. The van der Waals surface area contributed by atoms with Crippen LogP contribution in [0.4, 0.5) is 0 Å². The van der Waals surface area contributed by atoms with Crippen molar-refractivity contribution in [3.05, 3.63) is 40.9 Å². The fraction of sp³-hybridized carbons (Fsp3) is 0.526. The van der Waals surface area contributed by atoms with E-state index in [-0.39, 0.29) is 30.5 Å². The highest BCUT2D eigenvalue weighted by molar-refractivity contribution is 7.91. The fourth-order valence-corrected chi connectivity index (χ4v) is 4.20. The van der Waals surface area contributed by atoms with E-state index in [1.54, 1.807) is 17.0 Å². The summed E-state index contributed by atoms with van der Waals surface area (Å²) >= 11 is 0. The van der Waals surface area contributed by atoms with Gasteiger partial charge in [0, 0.05) is 25.4 Å². The molecule has 1 aliphatic rings. The summed E-state index contributed by atoms with van der Waals surface area (Å²) in [5.74, 6) is 0.931. The summed E-state index contributed by atoms with van der Waals surface area (Å²) in [5, 5.41) is 4.10. The molecular formula is C19H25N3O5S. The summed E-state index contributed by atoms with van der Waals surface area (Å²) in [6.45, 7) is 4.71. The first-order valence-electron chi connectivity index (χ1n) is 9.42. The smallest absolute Gasteiger partial charge is 0.255 e. The number of pyridine rings is 1. The highest BCUT2D eigenvalue weighted by atomic mass is 32.2. The van der Waals surface area contributed by atoms with Crippen molar-refractivity contribution in [1.29, 1.82) is 0 Å². The standard InChI is InChI=1S/C19H25N3O5S/c1-3-4-5-17-16(14(2)27-21-17)13-26-18-7-6-15(12-20-18)19(23)22-8-10-28(24,25)11-9-22/h6-7,12H,3-5,8-11,13H2,1-2H3. The molecule has 0 N–H and O–H groups in total. The molecule has 0 atom stereocenters. The van der Waals surface area contributed by atoms with Gasteiger partial charge in [-0.25, -0.2) is 13.4 Å². The Morgan fingerprint density at radius 2 is 2.04 bits per heavy atom. The van der Waals surface area contributed by atoms with E-state index in [2.05, 4.69) is 17.1 Å². The zero-order valence-corrected chi connectivity index (χ0v) is 17.0. The Labute approximate surface area is 164 Å². The first-order chi connectivity index (χ1) is 13.4. The predicted octanol–water partition coefficient (Wildman–Crippen LogP) is 2.17. The van der Waals surface area contributed by atoms with Crippen LogP contribution in [-0.4, -0.2) is 54.0 Å². The summed E-state index contributed by atoms with van der Waals surface area (Å²) in [5.41, 5.74) is 2.26. The van der Waals surface area contributed by atoms with Gasteiger partial charge in [0.25, 0.3) is 5.91 Å². The number of nitrogens with zero attached hydrogens (tertiary/aromatic N) is 3. The van der Waals surface area contributed by atoms with E-state index in [0.717, 1.165) is 36.3 Å². The summed E-state index contributed by atoms with van der Waals surface area (Å²) in [4.78, 5) is 18.2. The average Bonchev–Trinajstić information content (AvgIpc) is 3.04. The maximum Gasteiger partial charge on any atom is 0.255 e. The Balaban J connectivity index is 1.59. The first kappa shape index (κ1) is 20.3. The number of aromatic nitrogens is 2. The highest BCUT2D eigenvalue weighted by Crippen LogP contribution is 2.19. The van der Waals surface area contributed by atoms with Crippen LogP contribution in [0.5, 0.6) is 5.88 Å². The Kier molecular flexibility index (Phi) is 6.33. The minimum Gasteiger partial charge on any atom is -0.473 e. The number of hydrogen-bond acceptors (Lipinski definition) is 7. The van der Waals surface area contributed by atoms with Crippen molar-refractivity contribution >= 4 is 15.7 Å². The van der Waals surface area contributed by atoms with Crippen molar-refractivity contribution < 1.29 is 22.5 Å². The molecule has 0 unspecified atom stereocenters. The van der Waals surface area contributed by atoms with Gasteiger partial charge in [-0.1, -0.05) is 18.5 Å². The van der Waals surface area contributed by atoms with Crippen LogP contribution in [0.25, 0.3) is 0 Å². The lowest BCUT2D eigenvalue weighted by Gasteiger charge is -2.26. The largest absolute Gasteiger partial charge is 0.473 e. The zero-order valence-electron chi connectivity index (χ0n) is 16.2. The molecule has 0 radical (unpaired) electrons. The second-order valence-electron chi connectivity index (χ2n) is 6.89. The van der Waals surface area contributed by atoms with Crippen molar-refractivity contribution in [2.24, 2.45) is 0 Å². The number of carbonyl (C=O) groups is 1. The van der Waals surface area contributed by atoms with Gasteiger partial charge in [-0.15, -0.1) is 0 Å². The molecule has 9 heteroatoms. The van der Waals surface area contributed by atoms with Crippen LogP contribution in [0.1, 0.15) is 47.1 Å². The van der Waals surface area contributed by atoms with Gasteiger partial charge in [-0.2, -0.15) is 0 Å². The number of aryl methyl sites for hydroxylation is 2. The molecule has 0 saturated carbocycles. The van der Waals surface area contributed by atoms with Crippen molar-refractivity contribution in [1.82, 2.24) is 15.0 Å². The molecule has 2 aromatic heterocycles. The average molecular weight is 407 g/mol. The van der Waals surface area contributed by atoms with Crippen LogP contribution in [0, 0.1) is 6.92 Å². The van der Waals surface area contributed by atoms with E-state index in [1.165, 1.54) is 6.20 Å². The van der Waals surface area contributed by atoms with E-state index in [0.29, 0.717) is 18.1 Å². The van der Waals surface area contributed by atoms with Crippen LogP contribution >= 0.6 is 0 Å². The number of hydrogen-bond donors (Lipinski definition) is 0. The predicted molar refractivity (Wildman–Crippen MR) is 103 cm³/mol. The van der Waals surface area contributed by atoms with Crippen molar-refractivity contribution in [3.8, 4) is 5.88 Å². The third-order valence-corrected chi connectivity index (χ3v) is 6.42. The molecule has 0 spiro atoms. The van der Waals surface area contributed by atoms with Gasteiger partial charge in [0.05, 0.1) is 28.3 Å². The Hall–Kier alpha value is -2.42. The lowest BCUT2D eigenvalue weighted by atomic mass is 10.1. The molecule has 3 rings (SSSR count). The van der Waals surface area contributed by atoms with E-state index >= 15 is 0 Å². The SMILES string of the molecule is CCCCc1noc(C)c1COc1ccc(C(=O)N2CCS(=O)(=O)CC2)cn1. The quantitative estimate of drug-likeness (QED) is 0.693. The monoisotopic (exact) mass is 407 g/mol. The van der Waals surface area contributed by atoms with E-state index in [9.17, 15) is 13.2 Å². The van der Waals surface area contributed by atoms with Crippen LogP contribution in [0.2, 0.25) is 0 Å². The Morgan fingerprint density at radius 1 is 1.29 bits per heavy atom. The summed E-state index contributed by atoms with van der Waals surface area (Å²) in [7, 11) is -3.02. The number of ether oxygens (including phenoxy) is 1. The van der Waals surface area contributed by atoms with Gasteiger partial charge in [0.15, 0.2) is 9.84 Å². The molecule has 1 aliphatic heterocycles. The molecule has 28 heavy (non-hydrogen) atoms. The van der Waals surface area contributed by atoms with E-state index in [1.807, 2.05) is 6.92 Å². The highest BCUT2D eigenvalue weighted by Gasteiger charge is 2.25. The Bertz CT molecular complexity index is 908. The molecule has 2 aromatic rings. The van der Waals surface area contributed by atoms with Gasteiger partial charge in [0.1, 0.15) is 12.4 Å². The van der Waals surface area contributed by atoms with Crippen LogP contribution in [0.3, 0.4) is 0 Å². The molecule has 1 fully saturated rings. The van der Waals surface area contributed by atoms with Crippen LogP contribution in [-0.2, 0) is 22.9 Å². The second kappa shape index (κ2) is 8.72. The van der Waals surface area contributed by atoms with E-state index < -0.39 is 9.84 Å². The molecule has 1 amide bonds. The van der Waals surface area contributed by atoms with Gasteiger partial charge in [-0.3, -0.25) is 4.79 Å². The first-order valence-corrected chi connectivity index (χ1v) is 11.2.